The molecule has 0 amide bonds. The van der Waals surface area contributed by atoms with E-state index in [1.165, 1.54) is 5.56 Å². The first kappa shape index (κ1) is 17.2. The Kier molecular flexibility index (Phi) is 5.11. The molecule has 0 bridgehead atoms. The Bertz CT molecular complexity index is 1020. The summed E-state index contributed by atoms with van der Waals surface area (Å²) >= 11 is 1.61. The van der Waals surface area contributed by atoms with Crippen LogP contribution < -0.4 is 5.73 Å². The summed E-state index contributed by atoms with van der Waals surface area (Å²) in [6.45, 7) is 0. The van der Waals surface area contributed by atoms with Crippen LogP contribution in [0.5, 0.6) is 0 Å². The molecule has 0 spiro atoms. The van der Waals surface area contributed by atoms with Gasteiger partial charge in [-0.25, -0.2) is 15.0 Å². The zero-order valence-electron chi connectivity index (χ0n) is 14.4. The Balaban J connectivity index is 1.39. The number of nitrogen functional groups attached to an aromatic ring is 1. The number of hydrogen-bond acceptors (Lipinski definition) is 7. The Morgan fingerprint density at radius 3 is 2.52 bits per heavy atom. The minimum atomic E-state index is 0.420. The molecule has 0 fully saturated rings. The number of thioether (sulfide) groups is 1. The second kappa shape index (κ2) is 8.01. The van der Waals surface area contributed by atoms with E-state index in [0.717, 1.165) is 27.7 Å². The number of anilines is 1. The van der Waals surface area contributed by atoms with Crippen molar-refractivity contribution in [2.45, 2.75) is 17.3 Å². The maximum absolute atomic E-state index is 5.88. The summed E-state index contributed by atoms with van der Waals surface area (Å²) in [6, 6.07) is 15.8. The average molecular weight is 375 g/mol. The van der Waals surface area contributed by atoms with E-state index in [0.29, 0.717) is 18.0 Å². The van der Waals surface area contributed by atoms with Crippen LogP contribution in [0, 0.1) is 0 Å². The van der Waals surface area contributed by atoms with Gasteiger partial charge in [0.25, 0.3) is 0 Å². The molecule has 0 aliphatic carbocycles. The summed E-state index contributed by atoms with van der Waals surface area (Å²) in [5, 5.41) is 4.86. The molecule has 0 saturated carbocycles. The third-order valence-corrected chi connectivity index (χ3v) is 4.89. The van der Waals surface area contributed by atoms with E-state index in [1.807, 2.05) is 48.8 Å². The third kappa shape index (κ3) is 4.32. The minimum absolute atomic E-state index is 0.420. The number of nitrogens with two attached hydrogens (primary N) is 1. The first-order valence-electron chi connectivity index (χ1n) is 8.42. The summed E-state index contributed by atoms with van der Waals surface area (Å²) in [7, 11) is 0. The maximum Gasteiger partial charge on any atom is 0.187 e. The van der Waals surface area contributed by atoms with Gasteiger partial charge in [-0.2, -0.15) is 0 Å². The van der Waals surface area contributed by atoms with Crippen LogP contribution in [0.1, 0.15) is 16.8 Å². The number of benzene rings is 1. The molecule has 3 heterocycles. The highest BCUT2D eigenvalue weighted by Crippen LogP contribution is 2.25. The molecular weight excluding hydrogens is 358 g/mol. The standard InChI is InChI=1S/C20H17N5OS/c21-19-17(7-4-8-22-19)18-10-16(25-26-18)9-15-11-23-20(24-12-15)27-13-14-5-2-1-3-6-14/h1-8,10-12H,9,13H2,(H2,21,22). The van der Waals surface area contributed by atoms with Crippen molar-refractivity contribution in [3.05, 3.63) is 83.9 Å². The lowest BCUT2D eigenvalue weighted by Gasteiger charge is -2.02. The van der Waals surface area contributed by atoms with Crippen LogP contribution in [0.2, 0.25) is 0 Å². The normalized spacial score (nSPS) is 10.8. The van der Waals surface area contributed by atoms with Crippen molar-refractivity contribution < 1.29 is 4.52 Å². The Morgan fingerprint density at radius 1 is 0.926 bits per heavy atom. The predicted octanol–water partition coefficient (Wildman–Crippen LogP) is 3.99. The second-order valence-corrected chi connectivity index (χ2v) is 6.89. The monoisotopic (exact) mass is 375 g/mol. The topological polar surface area (TPSA) is 90.7 Å². The number of rotatable bonds is 6. The largest absolute Gasteiger partial charge is 0.383 e. The summed E-state index contributed by atoms with van der Waals surface area (Å²) in [5.74, 6) is 1.87. The molecule has 0 radical (unpaired) electrons. The van der Waals surface area contributed by atoms with Gasteiger partial charge in [0.05, 0.1) is 11.3 Å². The van der Waals surface area contributed by atoms with Gasteiger partial charge in [-0.3, -0.25) is 0 Å². The zero-order chi connectivity index (χ0) is 18.5. The van der Waals surface area contributed by atoms with Gasteiger partial charge in [-0.05, 0) is 23.3 Å². The fourth-order valence-corrected chi connectivity index (χ4v) is 3.33. The molecule has 0 aliphatic heterocycles. The molecule has 0 unspecified atom stereocenters. The lowest BCUT2D eigenvalue weighted by atomic mass is 10.1. The molecule has 6 nitrogen and oxygen atoms in total. The van der Waals surface area contributed by atoms with Crippen molar-refractivity contribution in [3.8, 4) is 11.3 Å². The smallest absolute Gasteiger partial charge is 0.187 e. The van der Waals surface area contributed by atoms with E-state index in [2.05, 4.69) is 32.2 Å². The van der Waals surface area contributed by atoms with Crippen LogP contribution in [0.4, 0.5) is 5.82 Å². The first-order valence-corrected chi connectivity index (χ1v) is 9.40. The number of pyridine rings is 1. The van der Waals surface area contributed by atoms with Crippen molar-refractivity contribution in [3.63, 3.8) is 0 Å². The Labute approximate surface area is 160 Å². The number of aromatic nitrogens is 4. The van der Waals surface area contributed by atoms with Crippen molar-refractivity contribution in [1.29, 1.82) is 0 Å². The fourth-order valence-electron chi connectivity index (χ4n) is 2.59. The van der Waals surface area contributed by atoms with Gasteiger partial charge < -0.3 is 10.3 Å². The van der Waals surface area contributed by atoms with Gasteiger partial charge in [-0.15, -0.1) is 0 Å². The van der Waals surface area contributed by atoms with Crippen molar-refractivity contribution in [1.82, 2.24) is 20.1 Å². The van der Waals surface area contributed by atoms with Crippen molar-refractivity contribution >= 4 is 17.6 Å². The number of hydrogen-bond donors (Lipinski definition) is 1. The van der Waals surface area contributed by atoms with Gasteiger partial charge >= 0.3 is 0 Å². The third-order valence-electron chi connectivity index (χ3n) is 3.94. The molecule has 3 aromatic heterocycles. The molecule has 4 aromatic rings. The average Bonchev–Trinajstić information content (AvgIpc) is 3.17. The van der Waals surface area contributed by atoms with Gasteiger partial charge in [-0.1, -0.05) is 47.3 Å². The summed E-state index contributed by atoms with van der Waals surface area (Å²) < 4.78 is 5.40. The van der Waals surface area contributed by atoms with Crippen molar-refractivity contribution in [2.75, 3.05) is 5.73 Å². The molecule has 0 saturated heterocycles. The molecule has 134 valence electrons. The van der Waals surface area contributed by atoms with E-state index in [9.17, 15) is 0 Å². The van der Waals surface area contributed by atoms with E-state index in [-0.39, 0.29) is 0 Å². The van der Waals surface area contributed by atoms with Gasteiger partial charge in [0.1, 0.15) is 5.82 Å². The summed E-state index contributed by atoms with van der Waals surface area (Å²) in [5.41, 5.74) is 9.63. The van der Waals surface area contributed by atoms with Crippen LogP contribution in [0.25, 0.3) is 11.3 Å². The van der Waals surface area contributed by atoms with Gasteiger partial charge in [0, 0.05) is 36.8 Å². The fraction of sp³-hybridized carbons (Fsp3) is 0.100. The molecule has 0 aliphatic rings. The lowest BCUT2D eigenvalue weighted by molar-refractivity contribution is 0.425. The van der Waals surface area contributed by atoms with Gasteiger partial charge in [0.2, 0.25) is 0 Å². The Hall–Kier alpha value is -3.19. The van der Waals surface area contributed by atoms with Crippen LogP contribution in [0.15, 0.2) is 76.8 Å². The Morgan fingerprint density at radius 2 is 1.74 bits per heavy atom. The highest BCUT2D eigenvalue weighted by molar-refractivity contribution is 7.98. The molecular formula is C20H17N5OS. The lowest BCUT2D eigenvalue weighted by Crippen LogP contribution is -1.94. The van der Waals surface area contributed by atoms with E-state index in [1.54, 1.807) is 18.0 Å². The molecule has 0 atom stereocenters. The van der Waals surface area contributed by atoms with Crippen molar-refractivity contribution in [2.24, 2.45) is 0 Å². The highest BCUT2D eigenvalue weighted by Gasteiger charge is 2.11. The predicted molar refractivity (Wildman–Crippen MR) is 105 cm³/mol. The highest BCUT2D eigenvalue weighted by atomic mass is 32.2. The quantitative estimate of drug-likeness (QED) is 0.402. The minimum Gasteiger partial charge on any atom is -0.383 e. The molecule has 7 heteroatoms. The van der Waals surface area contributed by atoms with Crippen LogP contribution in [-0.4, -0.2) is 20.1 Å². The SMILES string of the molecule is Nc1ncccc1-c1cc(Cc2cnc(SCc3ccccc3)nc2)no1. The molecule has 1 aromatic carbocycles. The molecule has 2 N–H and O–H groups in total. The van der Waals surface area contributed by atoms with E-state index in [4.69, 9.17) is 10.3 Å². The van der Waals surface area contributed by atoms with Crippen LogP contribution in [-0.2, 0) is 12.2 Å². The van der Waals surface area contributed by atoms with E-state index < -0.39 is 0 Å². The van der Waals surface area contributed by atoms with E-state index >= 15 is 0 Å². The summed E-state index contributed by atoms with van der Waals surface area (Å²) in [6.07, 6.45) is 5.89. The van der Waals surface area contributed by atoms with Crippen LogP contribution in [0.3, 0.4) is 0 Å². The summed E-state index contributed by atoms with van der Waals surface area (Å²) in [4.78, 5) is 12.9. The molecule has 4 rings (SSSR count). The maximum atomic E-state index is 5.88. The first-order chi connectivity index (χ1) is 13.3. The van der Waals surface area contributed by atoms with Gasteiger partial charge in [0.15, 0.2) is 10.9 Å². The molecule has 27 heavy (non-hydrogen) atoms. The van der Waals surface area contributed by atoms with Crippen LogP contribution >= 0.6 is 11.8 Å². The zero-order valence-corrected chi connectivity index (χ0v) is 15.3. The second-order valence-electron chi connectivity index (χ2n) is 5.94. The number of nitrogens with zero attached hydrogens (tertiary/aromatic N) is 4.